The number of hydrogen-bond donors (Lipinski definition) is 2. The zero-order valence-corrected chi connectivity index (χ0v) is 12.4. The molecule has 0 radical (unpaired) electrons. The molecule has 3 N–H and O–H groups in total. The molecule has 0 bridgehead atoms. The average Bonchev–Trinajstić information content (AvgIpc) is 2.46. The summed E-state index contributed by atoms with van der Waals surface area (Å²) in [6, 6.07) is 7.22. The van der Waals surface area contributed by atoms with Gasteiger partial charge in [-0.2, -0.15) is 0 Å². The molecule has 20 heavy (non-hydrogen) atoms. The van der Waals surface area contributed by atoms with Crippen molar-refractivity contribution >= 4 is 5.91 Å². The van der Waals surface area contributed by atoms with E-state index < -0.39 is 6.04 Å². The lowest BCUT2D eigenvalue weighted by Crippen LogP contribution is -2.44. The fraction of sp³-hybridized carbons (Fsp3) is 0.533. The van der Waals surface area contributed by atoms with Gasteiger partial charge in [-0.1, -0.05) is 26.0 Å². The first kappa shape index (κ1) is 16.5. The van der Waals surface area contributed by atoms with Crippen molar-refractivity contribution in [2.75, 3.05) is 20.3 Å². The summed E-state index contributed by atoms with van der Waals surface area (Å²) in [6.07, 6.45) is 0. The fourth-order valence-electron chi connectivity index (χ4n) is 1.58. The highest BCUT2D eigenvalue weighted by atomic mass is 16.5. The van der Waals surface area contributed by atoms with Crippen molar-refractivity contribution in [2.45, 2.75) is 26.5 Å². The van der Waals surface area contributed by atoms with Gasteiger partial charge in [-0.25, -0.2) is 0 Å². The maximum atomic E-state index is 11.6. The molecule has 0 unspecified atom stereocenters. The molecule has 1 amide bonds. The lowest BCUT2D eigenvalue weighted by Gasteiger charge is -2.15. The molecule has 5 nitrogen and oxygen atoms in total. The Kier molecular flexibility index (Phi) is 7.04. The molecule has 0 heterocycles. The van der Waals surface area contributed by atoms with E-state index >= 15 is 0 Å². The van der Waals surface area contributed by atoms with Crippen molar-refractivity contribution in [2.24, 2.45) is 11.7 Å². The van der Waals surface area contributed by atoms with E-state index in [1.807, 2.05) is 38.1 Å². The number of benzene rings is 1. The van der Waals surface area contributed by atoms with Gasteiger partial charge in [-0.05, 0) is 23.6 Å². The normalized spacial score (nSPS) is 12.2. The Morgan fingerprint density at radius 1 is 1.30 bits per heavy atom. The highest BCUT2D eigenvalue weighted by Crippen LogP contribution is 2.11. The molecule has 1 atom stereocenters. The Hall–Kier alpha value is -1.59. The molecule has 0 aliphatic rings. The largest absolute Gasteiger partial charge is 0.497 e. The van der Waals surface area contributed by atoms with Gasteiger partial charge in [0.15, 0.2) is 0 Å². The summed E-state index contributed by atoms with van der Waals surface area (Å²) >= 11 is 0. The Morgan fingerprint density at radius 2 is 1.95 bits per heavy atom. The number of nitrogens with one attached hydrogen (secondary N) is 1. The molecule has 0 saturated carbocycles. The van der Waals surface area contributed by atoms with Crippen LogP contribution in [0, 0.1) is 5.92 Å². The van der Waals surface area contributed by atoms with E-state index in [-0.39, 0.29) is 11.8 Å². The van der Waals surface area contributed by atoms with Gasteiger partial charge in [0.2, 0.25) is 5.91 Å². The van der Waals surface area contributed by atoms with Crippen LogP contribution in [0.5, 0.6) is 5.75 Å². The number of rotatable bonds is 8. The summed E-state index contributed by atoms with van der Waals surface area (Å²) in [6.45, 7) is 5.28. The van der Waals surface area contributed by atoms with Crippen LogP contribution in [0.2, 0.25) is 0 Å². The molecule has 1 aromatic rings. The maximum Gasteiger partial charge on any atom is 0.237 e. The van der Waals surface area contributed by atoms with Gasteiger partial charge in [0, 0.05) is 6.54 Å². The SMILES string of the molecule is COc1ccc(COCCNC(=O)[C@@H](N)C(C)C)cc1. The number of carbonyl (C=O) groups excluding carboxylic acids is 1. The van der Waals surface area contributed by atoms with E-state index in [4.69, 9.17) is 15.2 Å². The Balaban J connectivity index is 2.17. The first-order valence-electron chi connectivity index (χ1n) is 6.78. The van der Waals surface area contributed by atoms with Crippen LogP contribution in [0.15, 0.2) is 24.3 Å². The fourth-order valence-corrected chi connectivity index (χ4v) is 1.58. The van der Waals surface area contributed by atoms with Gasteiger partial charge in [-0.3, -0.25) is 4.79 Å². The Labute approximate surface area is 120 Å². The monoisotopic (exact) mass is 280 g/mol. The van der Waals surface area contributed by atoms with E-state index in [0.29, 0.717) is 19.8 Å². The summed E-state index contributed by atoms with van der Waals surface area (Å²) in [5, 5.41) is 2.76. The van der Waals surface area contributed by atoms with Crippen LogP contribution in [0.25, 0.3) is 0 Å². The standard InChI is InChI=1S/C15H24N2O3/c1-11(2)14(16)15(18)17-8-9-20-10-12-4-6-13(19-3)7-5-12/h4-7,11,14H,8-10,16H2,1-3H3,(H,17,18)/t14-/m0/s1. The van der Waals surface area contributed by atoms with Gasteiger partial charge >= 0.3 is 0 Å². The first-order chi connectivity index (χ1) is 9.54. The van der Waals surface area contributed by atoms with Gasteiger partial charge in [0.05, 0.1) is 26.4 Å². The number of amides is 1. The van der Waals surface area contributed by atoms with Gasteiger partial charge < -0.3 is 20.5 Å². The first-order valence-corrected chi connectivity index (χ1v) is 6.78. The van der Waals surface area contributed by atoms with E-state index in [2.05, 4.69) is 5.32 Å². The second-order valence-corrected chi connectivity index (χ2v) is 4.96. The zero-order chi connectivity index (χ0) is 15.0. The molecule has 112 valence electrons. The third-order valence-electron chi connectivity index (χ3n) is 2.99. The number of hydrogen-bond acceptors (Lipinski definition) is 4. The van der Waals surface area contributed by atoms with E-state index in [0.717, 1.165) is 11.3 Å². The molecular formula is C15H24N2O3. The van der Waals surface area contributed by atoms with E-state index in [9.17, 15) is 4.79 Å². The van der Waals surface area contributed by atoms with Crippen molar-refractivity contribution in [3.8, 4) is 5.75 Å². The van der Waals surface area contributed by atoms with Crippen molar-refractivity contribution in [1.82, 2.24) is 5.32 Å². The molecule has 0 aromatic heterocycles. The topological polar surface area (TPSA) is 73.6 Å². The second kappa shape index (κ2) is 8.55. The van der Waals surface area contributed by atoms with Gasteiger partial charge in [-0.15, -0.1) is 0 Å². The van der Waals surface area contributed by atoms with Crippen molar-refractivity contribution in [1.29, 1.82) is 0 Å². The van der Waals surface area contributed by atoms with Gasteiger partial charge in [0.1, 0.15) is 5.75 Å². The number of carbonyl (C=O) groups is 1. The molecule has 0 spiro atoms. The minimum atomic E-state index is -0.461. The predicted molar refractivity (Wildman–Crippen MR) is 78.5 cm³/mol. The molecule has 1 rings (SSSR count). The average molecular weight is 280 g/mol. The summed E-state index contributed by atoms with van der Waals surface area (Å²) < 4.78 is 10.6. The lowest BCUT2D eigenvalue weighted by atomic mass is 10.1. The predicted octanol–water partition coefficient (Wildman–Crippen LogP) is 1.31. The molecule has 0 aliphatic heterocycles. The molecule has 0 fully saturated rings. The Morgan fingerprint density at radius 3 is 2.50 bits per heavy atom. The van der Waals surface area contributed by atoms with E-state index in [1.54, 1.807) is 7.11 Å². The minimum absolute atomic E-state index is 0.131. The Bertz CT molecular complexity index is 404. The number of methoxy groups -OCH3 is 1. The summed E-state index contributed by atoms with van der Waals surface area (Å²) in [4.78, 5) is 11.6. The molecular weight excluding hydrogens is 256 g/mol. The van der Waals surface area contributed by atoms with Crippen LogP contribution in [0.4, 0.5) is 0 Å². The molecule has 1 aromatic carbocycles. The number of ether oxygens (including phenoxy) is 2. The second-order valence-electron chi connectivity index (χ2n) is 4.96. The maximum absolute atomic E-state index is 11.6. The van der Waals surface area contributed by atoms with Crippen molar-refractivity contribution < 1.29 is 14.3 Å². The molecule has 0 aliphatic carbocycles. The quantitative estimate of drug-likeness (QED) is 0.704. The van der Waals surface area contributed by atoms with Crippen LogP contribution in [-0.2, 0) is 16.1 Å². The van der Waals surface area contributed by atoms with E-state index in [1.165, 1.54) is 0 Å². The third-order valence-corrected chi connectivity index (χ3v) is 2.99. The van der Waals surface area contributed by atoms with Crippen LogP contribution in [0.1, 0.15) is 19.4 Å². The highest BCUT2D eigenvalue weighted by Gasteiger charge is 2.15. The lowest BCUT2D eigenvalue weighted by molar-refractivity contribution is -0.123. The van der Waals surface area contributed by atoms with Crippen LogP contribution in [0.3, 0.4) is 0 Å². The van der Waals surface area contributed by atoms with Crippen molar-refractivity contribution in [3.63, 3.8) is 0 Å². The minimum Gasteiger partial charge on any atom is -0.497 e. The molecule has 0 saturated heterocycles. The zero-order valence-electron chi connectivity index (χ0n) is 12.4. The van der Waals surface area contributed by atoms with Gasteiger partial charge in [0.25, 0.3) is 0 Å². The summed E-state index contributed by atoms with van der Waals surface area (Å²) in [7, 11) is 1.63. The third kappa shape index (κ3) is 5.59. The smallest absolute Gasteiger partial charge is 0.237 e. The van der Waals surface area contributed by atoms with Crippen LogP contribution < -0.4 is 15.8 Å². The molecule has 5 heteroatoms. The van der Waals surface area contributed by atoms with Crippen LogP contribution >= 0.6 is 0 Å². The summed E-state index contributed by atoms with van der Waals surface area (Å²) in [5.74, 6) is 0.826. The summed E-state index contributed by atoms with van der Waals surface area (Å²) in [5.41, 5.74) is 6.79. The van der Waals surface area contributed by atoms with Crippen molar-refractivity contribution in [3.05, 3.63) is 29.8 Å². The highest BCUT2D eigenvalue weighted by molar-refractivity contribution is 5.81. The number of nitrogens with two attached hydrogens (primary N) is 1. The van der Waals surface area contributed by atoms with Crippen LogP contribution in [-0.4, -0.2) is 32.2 Å².